The zero-order valence-electron chi connectivity index (χ0n) is 36.4. The lowest BCUT2D eigenvalue weighted by atomic mass is 9.48. The molecular formula is C46H61NO15. The van der Waals surface area contributed by atoms with E-state index in [2.05, 4.69) is 0 Å². The highest BCUT2D eigenvalue weighted by Gasteiger charge is 2.75. The quantitative estimate of drug-likeness (QED) is 0.0687. The Hall–Kier alpha value is -4.55. The highest BCUT2D eigenvalue weighted by molar-refractivity contribution is 5.91. The second-order valence-corrected chi connectivity index (χ2v) is 17.3. The van der Waals surface area contributed by atoms with Gasteiger partial charge in [0.1, 0.15) is 36.6 Å². The van der Waals surface area contributed by atoms with E-state index in [0.717, 1.165) is 6.92 Å². The summed E-state index contributed by atoms with van der Waals surface area (Å²) in [7, 11) is 0. The zero-order chi connectivity index (χ0) is 45.6. The average Bonchev–Trinajstić information content (AvgIpc) is 3.22. The molecule has 340 valence electrons. The Morgan fingerprint density at radius 1 is 0.919 bits per heavy atom. The van der Waals surface area contributed by atoms with Gasteiger partial charge in [0.15, 0.2) is 11.4 Å². The van der Waals surface area contributed by atoms with E-state index >= 15 is 0 Å². The second kappa shape index (κ2) is 19.9. The predicted molar refractivity (Wildman–Crippen MR) is 221 cm³/mol. The number of ketones is 1. The molecule has 2 aromatic rings. The van der Waals surface area contributed by atoms with Crippen molar-refractivity contribution in [1.29, 1.82) is 0 Å². The summed E-state index contributed by atoms with van der Waals surface area (Å²) in [5, 5.41) is 36.2. The van der Waals surface area contributed by atoms with Gasteiger partial charge in [-0.05, 0) is 44.0 Å². The van der Waals surface area contributed by atoms with Crippen molar-refractivity contribution < 1.29 is 72.5 Å². The lowest BCUT2D eigenvalue weighted by Gasteiger charge is -2.65. The van der Waals surface area contributed by atoms with Gasteiger partial charge in [-0.3, -0.25) is 9.59 Å². The Bertz CT molecular complexity index is 1940. The number of aliphatic hydroxyl groups excluding tert-OH is 2. The van der Waals surface area contributed by atoms with Gasteiger partial charge in [0.2, 0.25) is 6.10 Å². The van der Waals surface area contributed by atoms with E-state index in [0.29, 0.717) is 24.3 Å². The van der Waals surface area contributed by atoms with Crippen molar-refractivity contribution in [3.05, 3.63) is 83.4 Å². The van der Waals surface area contributed by atoms with Crippen molar-refractivity contribution in [3.8, 4) is 0 Å². The summed E-state index contributed by atoms with van der Waals surface area (Å²) >= 11 is 0. The van der Waals surface area contributed by atoms with Gasteiger partial charge in [-0.1, -0.05) is 75.4 Å². The molecule has 2 aromatic carbocycles. The minimum atomic E-state index is -2.28. The number of aliphatic hydroxyl groups is 3. The molecule has 0 spiro atoms. The van der Waals surface area contributed by atoms with Crippen LogP contribution in [-0.4, -0.2) is 132 Å². The topological polar surface area (TPSA) is 237 Å². The molecule has 2 aliphatic carbocycles. The first-order chi connectivity index (χ1) is 29.2. The summed E-state index contributed by atoms with van der Waals surface area (Å²) in [4.78, 5) is 69.1. The fraction of sp³-hybridized carbons (Fsp3) is 0.587. The summed E-state index contributed by atoms with van der Waals surface area (Å²) in [5.74, 6) is -6.61. The van der Waals surface area contributed by atoms with Gasteiger partial charge >= 0.3 is 23.9 Å². The van der Waals surface area contributed by atoms with Gasteiger partial charge in [-0.25, -0.2) is 14.4 Å². The van der Waals surface area contributed by atoms with Crippen LogP contribution in [0.3, 0.4) is 0 Å². The molecule has 5 rings (SSSR count). The van der Waals surface area contributed by atoms with Crippen molar-refractivity contribution in [2.75, 3.05) is 39.6 Å². The molecule has 0 bridgehead atoms. The maximum atomic E-state index is 14.4. The van der Waals surface area contributed by atoms with E-state index in [4.69, 9.17) is 38.9 Å². The van der Waals surface area contributed by atoms with Gasteiger partial charge in [-0.15, -0.1) is 0 Å². The van der Waals surface area contributed by atoms with Crippen LogP contribution in [0.25, 0.3) is 0 Å². The number of rotatable bonds is 19. The fourth-order valence-electron chi connectivity index (χ4n) is 9.29. The normalized spacial score (nSPS) is 29.6. The van der Waals surface area contributed by atoms with E-state index in [1.54, 1.807) is 82.3 Å². The third-order valence-electron chi connectivity index (χ3n) is 12.7. The summed E-state index contributed by atoms with van der Waals surface area (Å²) in [5.41, 5.74) is -0.737. The lowest BCUT2D eigenvalue weighted by molar-refractivity contribution is -0.343. The van der Waals surface area contributed by atoms with Gasteiger partial charge in [0, 0.05) is 37.6 Å². The molecule has 11 atom stereocenters. The molecule has 62 heavy (non-hydrogen) atoms. The van der Waals surface area contributed by atoms with E-state index in [-0.39, 0.29) is 31.8 Å². The first-order valence-corrected chi connectivity index (χ1v) is 20.9. The molecule has 5 N–H and O–H groups in total. The maximum absolute atomic E-state index is 14.4. The molecule has 2 fully saturated rings. The molecule has 0 radical (unpaired) electrons. The van der Waals surface area contributed by atoms with E-state index < -0.39 is 113 Å². The Morgan fingerprint density at radius 2 is 1.55 bits per heavy atom. The summed E-state index contributed by atoms with van der Waals surface area (Å²) in [6.07, 6.45) is -7.74. The molecule has 1 aliphatic heterocycles. The molecular weight excluding hydrogens is 806 g/mol. The molecule has 1 saturated heterocycles. The maximum Gasteiger partial charge on any atom is 0.348 e. The van der Waals surface area contributed by atoms with E-state index in [1.165, 1.54) is 26.0 Å². The molecule has 1 saturated carbocycles. The van der Waals surface area contributed by atoms with Crippen molar-refractivity contribution in [3.63, 3.8) is 0 Å². The SMILES string of the molecule is CC(=O)O[C@@]12CO[C@@H]1C[C@H](O)[C@@](C)(C(=O)[C@@H](C)O)[C@@H]2[C@H](OC(=O)c1ccccc1)[C@@]1(O)C[C@H](OC(=O)[C@H](OC(=O)COCCOCCN)[C@@H](C)c2ccccc2)C(C)=CC1(C)C. The number of nitrogens with two attached hydrogens (primary N) is 1. The minimum absolute atomic E-state index is 0.0698. The van der Waals surface area contributed by atoms with Gasteiger partial charge < -0.3 is 54.2 Å². The number of fused-ring (bicyclic) bond motifs is 1. The Labute approximate surface area is 362 Å². The Kier molecular flexibility index (Phi) is 15.5. The molecule has 0 unspecified atom stereocenters. The molecule has 1 heterocycles. The van der Waals surface area contributed by atoms with Crippen LogP contribution in [-0.2, 0) is 52.3 Å². The largest absolute Gasteiger partial charge is 0.455 e. The zero-order valence-corrected chi connectivity index (χ0v) is 36.4. The van der Waals surface area contributed by atoms with E-state index in [9.17, 15) is 39.3 Å². The van der Waals surface area contributed by atoms with Crippen molar-refractivity contribution in [2.45, 2.75) is 115 Å². The van der Waals surface area contributed by atoms with Crippen molar-refractivity contribution in [2.24, 2.45) is 22.5 Å². The number of ether oxygens (including phenoxy) is 7. The van der Waals surface area contributed by atoms with Gasteiger partial charge in [0.05, 0.1) is 49.4 Å². The second-order valence-electron chi connectivity index (χ2n) is 17.3. The molecule has 0 amide bonds. The van der Waals surface area contributed by atoms with Crippen LogP contribution < -0.4 is 5.73 Å². The predicted octanol–water partition coefficient (Wildman–Crippen LogP) is 2.98. The highest BCUT2D eigenvalue weighted by Crippen LogP contribution is 2.61. The van der Waals surface area contributed by atoms with Crippen molar-refractivity contribution in [1.82, 2.24) is 0 Å². The number of benzene rings is 2. The number of hydrogen-bond acceptors (Lipinski definition) is 16. The smallest absolute Gasteiger partial charge is 0.348 e. The monoisotopic (exact) mass is 867 g/mol. The molecule has 3 aliphatic rings. The fourth-order valence-corrected chi connectivity index (χ4v) is 9.29. The number of esters is 4. The first kappa shape index (κ1) is 48.5. The summed E-state index contributed by atoms with van der Waals surface area (Å²) in [6.45, 7) is 10.6. The van der Waals surface area contributed by atoms with Crippen LogP contribution in [0.4, 0.5) is 0 Å². The number of carbonyl (C=O) groups excluding carboxylic acids is 5. The number of hydrogen-bond donors (Lipinski definition) is 4. The number of carbonyl (C=O) groups is 5. The van der Waals surface area contributed by atoms with E-state index in [1.807, 2.05) is 0 Å². The van der Waals surface area contributed by atoms with Crippen LogP contribution >= 0.6 is 0 Å². The minimum Gasteiger partial charge on any atom is -0.455 e. The molecule has 16 nitrogen and oxygen atoms in total. The van der Waals surface area contributed by atoms with Crippen LogP contribution in [0.15, 0.2) is 72.3 Å². The highest BCUT2D eigenvalue weighted by atomic mass is 16.6. The van der Waals surface area contributed by atoms with Crippen molar-refractivity contribution >= 4 is 29.7 Å². The van der Waals surface area contributed by atoms with Crippen LogP contribution in [0, 0.1) is 16.7 Å². The molecule has 0 aromatic heterocycles. The van der Waals surface area contributed by atoms with Crippen LogP contribution in [0.1, 0.15) is 83.1 Å². The summed E-state index contributed by atoms with van der Waals surface area (Å²) in [6, 6.07) is 16.8. The molecule has 16 heteroatoms. The third kappa shape index (κ3) is 9.81. The van der Waals surface area contributed by atoms with Crippen LogP contribution in [0.2, 0.25) is 0 Å². The number of Topliss-reactive ketones (excluding diaryl/α,β-unsaturated/α-hetero) is 1. The lowest BCUT2D eigenvalue weighted by Crippen LogP contribution is -2.80. The van der Waals surface area contributed by atoms with Gasteiger partial charge in [-0.2, -0.15) is 0 Å². The summed E-state index contributed by atoms with van der Waals surface area (Å²) < 4.78 is 40.9. The third-order valence-corrected chi connectivity index (χ3v) is 12.7. The van der Waals surface area contributed by atoms with Crippen LogP contribution in [0.5, 0.6) is 0 Å². The van der Waals surface area contributed by atoms with Gasteiger partial charge in [0.25, 0.3) is 0 Å². The Morgan fingerprint density at radius 3 is 2.13 bits per heavy atom. The average molecular weight is 868 g/mol. The first-order valence-electron chi connectivity index (χ1n) is 20.9. The standard InChI is InChI=1S/C46H61NO15/c1-27-23-43(5,6)46(55,24-33(27)59-42(54)37(28(2)31-14-10-8-11-15-31)60-36(51)25-57-21-20-56-19-18-47)40(61-41(53)32-16-12-9-13-17-32)38-44(7,39(52)29(3)48)34(50)22-35-45(38,26-58-35)62-30(4)49/h8-17,23,28-29,33-35,37-38,40,48,50,55H,18-22,24-26,47H2,1-7H3/t28-,29+,33-,34-,35+,37+,38-,40-,44+,45-,46-/m0/s1. The Balaban J connectivity index is 1.58.